The average molecular weight is 297 g/mol. The standard InChI is InChI=1S/C17H15NO4/c1-10(19)12-7-13(11(2)20)9-14(8-12)17(22)18-15-3-5-16(21)6-4-15/h3-9,21H,1-2H3,(H,18,22). The fraction of sp³-hybridized carbons (Fsp3) is 0.118. The maximum atomic E-state index is 12.3. The summed E-state index contributed by atoms with van der Waals surface area (Å²) in [4.78, 5) is 35.3. The number of phenolic OH excluding ortho intramolecular Hbond substituents is 1. The van der Waals surface area contributed by atoms with Gasteiger partial charge in [-0.15, -0.1) is 0 Å². The van der Waals surface area contributed by atoms with Crippen molar-refractivity contribution in [3.8, 4) is 5.75 Å². The van der Waals surface area contributed by atoms with E-state index in [9.17, 15) is 19.5 Å². The van der Waals surface area contributed by atoms with Crippen LogP contribution in [0.4, 0.5) is 5.69 Å². The molecule has 0 aliphatic heterocycles. The van der Waals surface area contributed by atoms with Crippen LogP contribution in [0.2, 0.25) is 0 Å². The number of amides is 1. The first kappa shape index (κ1) is 15.4. The highest BCUT2D eigenvalue weighted by molar-refractivity contribution is 6.08. The number of ketones is 2. The fourth-order valence-electron chi connectivity index (χ4n) is 1.91. The lowest BCUT2D eigenvalue weighted by atomic mass is 10.0. The van der Waals surface area contributed by atoms with Gasteiger partial charge in [0.25, 0.3) is 5.91 Å². The monoisotopic (exact) mass is 297 g/mol. The van der Waals surface area contributed by atoms with Gasteiger partial charge in [-0.3, -0.25) is 14.4 Å². The summed E-state index contributed by atoms with van der Waals surface area (Å²) in [6.45, 7) is 2.75. The first-order valence-electron chi connectivity index (χ1n) is 6.64. The van der Waals surface area contributed by atoms with Gasteiger partial charge in [-0.1, -0.05) is 0 Å². The summed E-state index contributed by atoms with van der Waals surface area (Å²) in [5.41, 5.74) is 1.35. The molecular formula is C17H15NO4. The Balaban J connectivity index is 2.34. The molecule has 5 heteroatoms. The molecule has 0 unspecified atom stereocenters. The molecule has 0 aromatic heterocycles. The van der Waals surface area contributed by atoms with E-state index >= 15 is 0 Å². The molecule has 0 radical (unpaired) electrons. The van der Waals surface area contributed by atoms with E-state index in [1.165, 1.54) is 44.2 Å². The number of nitrogens with one attached hydrogen (secondary N) is 1. The van der Waals surface area contributed by atoms with Crippen LogP contribution in [-0.2, 0) is 0 Å². The smallest absolute Gasteiger partial charge is 0.255 e. The highest BCUT2D eigenvalue weighted by Gasteiger charge is 2.13. The largest absolute Gasteiger partial charge is 0.508 e. The Kier molecular flexibility index (Phi) is 4.36. The molecule has 2 rings (SSSR count). The quantitative estimate of drug-likeness (QED) is 0.671. The van der Waals surface area contributed by atoms with Gasteiger partial charge in [0.05, 0.1) is 0 Å². The predicted octanol–water partition coefficient (Wildman–Crippen LogP) is 3.05. The summed E-state index contributed by atoms with van der Waals surface area (Å²) in [6, 6.07) is 10.4. The van der Waals surface area contributed by atoms with Crippen molar-refractivity contribution in [2.45, 2.75) is 13.8 Å². The number of rotatable bonds is 4. The predicted molar refractivity (Wildman–Crippen MR) is 82.5 cm³/mol. The summed E-state index contributed by atoms with van der Waals surface area (Å²) in [6.07, 6.45) is 0. The van der Waals surface area contributed by atoms with Crippen molar-refractivity contribution in [2.75, 3.05) is 5.32 Å². The number of hydrogen-bond donors (Lipinski definition) is 2. The van der Waals surface area contributed by atoms with Crippen LogP contribution >= 0.6 is 0 Å². The fourth-order valence-corrected chi connectivity index (χ4v) is 1.91. The van der Waals surface area contributed by atoms with Crippen LogP contribution < -0.4 is 5.32 Å². The van der Waals surface area contributed by atoms with E-state index in [2.05, 4.69) is 5.32 Å². The third kappa shape index (κ3) is 3.58. The third-order valence-electron chi connectivity index (χ3n) is 3.13. The van der Waals surface area contributed by atoms with E-state index in [4.69, 9.17) is 0 Å². The van der Waals surface area contributed by atoms with E-state index in [1.807, 2.05) is 0 Å². The number of aromatic hydroxyl groups is 1. The molecule has 0 aliphatic carbocycles. The second-order valence-electron chi connectivity index (χ2n) is 4.91. The van der Waals surface area contributed by atoms with Gasteiger partial charge in [-0.25, -0.2) is 0 Å². The van der Waals surface area contributed by atoms with E-state index in [1.54, 1.807) is 12.1 Å². The number of carbonyl (C=O) groups is 3. The minimum Gasteiger partial charge on any atom is -0.508 e. The molecule has 0 bridgehead atoms. The zero-order chi connectivity index (χ0) is 16.3. The molecule has 0 saturated carbocycles. The van der Waals surface area contributed by atoms with Crippen molar-refractivity contribution in [3.05, 3.63) is 59.2 Å². The zero-order valence-corrected chi connectivity index (χ0v) is 12.2. The lowest BCUT2D eigenvalue weighted by Gasteiger charge is -2.08. The normalized spacial score (nSPS) is 10.1. The Labute approximate surface area is 127 Å². The van der Waals surface area contributed by atoms with Crippen molar-refractivity contribution >= 4 is 23.2 Å². The number of anilines is 1. The molecule has 0 saturated heterocycles. The minimum absolute atomic E-state index is 0.0930. The highest BCUT2D eigenvalue weighted by atomic mass is 16.3. The van der Waals surface area contributed by atoms with Gasteiger partial charge < -0.3 is 10.4 Å². The lowest BCUT2D eigenvalue weighted by Crippen LogP contribution is -2.14. The lowest BCUT2D eigenvalue weighted by molar-refractivity contribution is 0.101. The Bertz CT molecular complexity index is 716. The van der Waals surface area contributed by atoms with E-state index < -0.39 is 5.91 Å². The number of phenols is 1. The van der Waals surface area contributed by atoms with Crippen LogP contribution in [0, 0.1) is 0 Å². The number of Topliss-reactive ketones (excluding diaryl/α,β-unsaturated/α-hetero) is 2. The maximum absolute atomic E-state index is 12.3. The maximum Gasteiger partial charge on any atom is 0.255 e. The van der Waals surface area contributed by atoms with E-state index in [0.717, 1.165) is 0 Å². The Morgan fingerprint density at radius 1 is 0.818 bits per heavy atom. The summed E-state index contributed by atoms with van der Waals surface area (Å²) < 4.78 is 0. The van der Waals surface area contributed by atoms with Gasteiger partial charge in [0.15, 0.2) is 11.6 Å². The molecule has 112 valence electrons. The molecule has 2 aromatic rings. The van der Waals surface area contributed by atoms with Crippen LogP contribution in [0.25, 0.3) is 0 Å². The molecule has 0 aliphatic rings. The Morgan fingerprint density at radius 3 is 1.73 bits per heavy atom. The topological polar surface area (TPSA) is 83.5 Å². The van der Waals surface area contributed by atoms with Crippen LogP contribution in [-0.4, -0.2) is 22.6 Å². The SMILES string of the molecule is CC(=O)c1cc(C(C)=O)cc(C(=O)Nc2ccc(O)cc2)c1. The average Bonchev–Trinajstić information content (AvgIpc) is 2.49. The summed E-state index contributed by atoms with van der Waals surface area (Å²) in [7, 11) is 0. The number of benzene rings is 2. The molecule has 1 amide bonds. The van der Waals surface area contributed by atoms with Crippen molar-refractivity contribution < 1.29 is 19.5 Å². The molecule has 5 nitrogen and oxygen atoms in total. The van der Waals surface area contributed by atoms with E-state index in [0.29, 0.717) is 16.8 Å². The van der Waals surface area contributed by atoms with Gasteiger partial charge in [0.1, 0.15) is 5.75 Å². The second-order valence-corrected chi connectivity index (χ2v) is 4.91. The molecule has 0 fully saturated rings. The van der Waals surface area contributed by atoms with Crippen LogP contribution in [0.1, 0.15) is 44.9 Å². The van der Waals surface area contributed by atoms with Gasteiger partial charge in [-0.2, -0.15) is 0 Å². The molecular weight excluding hydrogens is 282 g/mol. The Morgan fingerprint density at radius 2 is 1.27 bits per heavy atom. The first-order chi connectivity index (χ1) is 10.4. The second kappa shape index (κ2) is 6.22. The van der Waals surface area contributed by atoms with Gasteiger partial charge in [0, 0.05) is 22.4 Å². The molecule has 0 atom stereocenters. The molecule has 2 aromatic carbocycles. The van der Waals surface area contributed by atoms with Crippen LogP contribution in [0.5, 0.6) is 5.75 Å². The summed E-state index contributed by atoms with van der Waals surface area (Å²) in [5, 5.41) is 11.9. The molecule has 2 N–H and O–H groups in total. The number of hydrogen-bond acceptors (Lipinski definition) is 4. The van der Waals surface area contributed by atoms with Gasteiger partial charge in [0.2, 0.25) is 0 Å². The molecule has 0 spiro atoms. The Hall–Kier alpha value is -2.95. The van der Waals surface area contributed by atoms with Crippen LogP contribution in [0.3, 0.4) is 0 Å². The zero-order valence-electron chi connectivity index (χ0n) is 12.2. The van der Waals surface area contributed by atoms with Crippen molar-refractivity contribution in [1.29, 1.82) is 0 Å². The molecule has 0 heterocycles. The van der Waals surface area contributed by atoms with E-state index in [-0.39, 0.29) is 22.9 Å². The van der Waals surface area contributed by atoms with Gasteiger partial charge >= 0.3 is 0 Å². The number of carbonyl (C=O) groups excluding carboxylic acids is 3. The first-order valence-corrected chi connectivity index (χ1v) is 6.64. The highest BCUT2D eigenvalue weighted by Crippen LogP contribution is 2.17. The molecule has 22 heavy (non-hydrogen) atoms. The van der Waals surface area contributed by atoms with Crippen molar-refractivity contribution in [2.24, 2.45) is 0 Å². The van der Waals surface area contributed by atoms with Crippen molar-refractivity contribution in [3.63, 3.8) is 0 Å². The summed E-state index contributed by atoms with van der Waals surface area (Å²) >= 11 is 0. The third-order valence-corrected chi connectivity index (χ3v) is 3.13. The van der Waals surface area contributed by atoms with Gasteiger partial charge in [-0.05, 0) is 56.3 Å². The minimum atomic E-state index is -0.434. The van der Waals surface area contributed by atoms with Crippen LogP contribution in [0.15, 0.2) is 42.5 Å². The van der Waals surface area contributed by atoms with Crippen molar-refractivity contribution in [1.82, 2.24) is 0 Å². The summed E-state index contributed by atoms with van der Waals surface area (Å²) in [5.74, 6) is -0.782.